The van der Waals surface area contributed by atoms with Crippen LogP contribution in [-0.4, -0.2) is 32.1 Å². The number of anilines is 1. The van der Waals surface area contributed by atoms with Crippen molar-refractivity contribution in [3.05, 3.63) is 37.6 Å². The predicted octanol–water partition coefficient (Wildman–Crippen LogP) is 4.62. The van der Waals surface area contributed by atoms with Gasteiger partial charge < -0.3 is 19.8 Å². The summed E-state index contributed by atoms with van der Waals surface area (Å²) in [5.41, 5.74) is 2.16. The van der Waals surface area contributed by atoms with Crippen LogP contribution >= 0.6 is 27.3 Å². The van der Waals surface area contributed by atoms with Gasteiger partial charge >= 0.3 is 0 Å². The third-order valence-electron chi connectivity index (χ3n) is 4.85. The number of hydrogen-bond acceptors (Lipinski definition) is 5. The molecule has 0 spiro atoms. The summed E-state index contributed by atoms with van der Waals surface area (Å²) in [6, 6.07) is 0. The van der Waals surface area contributed by atoms with Crippen molar-refractivity contribution < 1.29 is 18.7 Å². The molecule has 0 fully saturated rings. The average molecular weight is 469 g/mol. The van der Waals surface area contributed by atoms with Gasteiger partial charge in [-0.2, -0.15) is 0 Å². The number of halogens is 1. The highest BCUT2D eigenvalue weighted by Gasteiger charge is 2.28. The Morgan fingerprint density at radius 1 is 1.14 bits per heavy atom. The summed E-state index contributed by atoms with van der Waals surface area (Å²) in [7, 11) is 1.64. The number of ether oxygens (including phenoxy) is 1. The molecule has 2 aromatic heterocycles. The maximum atomic E-state index is 12.9. The molecule has 2 aromatic rings. The second-order valence-corrected chi connectivity index (χ2v) is 8.77. The summed E-state index contributed by atoms with van der Waals surface area (Å²) in [5, 5.41) is 6.54. The number of carbonyl (C=O) groups is 2. The lowest BCUT2D eigenvalue weighted by Gasteiger charge is -2.13. The first-order valence-electron chi connectivity index (χ1n) is 9.42. The smallest absolute Gasteiger partial charge is 0.260 e. The van der Waals surface area contributed by atoms with E-state index in [1.165, 1.54) is 16.2 Å². The number of nitrogens with one attached hydrogen (secondary N) is 2. The van der Waals surface area contributed by atoms with Gasteiger partial charge in [0, 0.05) is 25.1 Å². The van der Waals surface area contributed by atoms with Gasteiger partial charge in [-0.3, -0.25) is 9.59 Å². The Bertz CT molecular complexity index is 887. The first kappa shape index (κ1) is 21.1. The molecule has 8 heteroatoms. The molecule has 0 saturated heterocycles. The lowest BCUT2D eigenvalue weighted by Crippen LogP contribution is -2.27. The number of aryl methyl sites for hydroxylation is 3. The van der Waals surface area contributed by atoms with Gasteiger partial charge in [0.05, 0.1) is 15.6 Å². The number of thiophene rings is 1. The van der Waals surface area contributed by atoms with Crippen molar-refractivity contribution in [1.82, 2.24) is 5.32 Å². The maximum absolute atomic E-state index is 12.9. The minimum absolute atomic E-state index is 0.134. The monoisotopic (exact) mass is 468 g/mol. The van der Waals surface area contributed by atoms with Crippen LogP contribution < -0.4 is 10.6 Å². The second kappa shape index (κ2) is 9.24. The molecule has 1 aliphatic rings. The molecule has 0 bridgehead atoms. The van der Waals surface area contributed by atoms with E-state index in [9.17, 15) is 9.59 Å². The first-order chi connectivity index (χ1) is 13.4. The van der Waals surface area contributed by atoms with Gasteiger partial charge in [-0.1, -0.05) is 0 Å². The highest BCUT2D eigenvalue weighted by molar-refractivity contribution is 9.10. The van der Waals surface area contributed by atoms with Crippen molar-refractivity contribution in [3.8, 4) is 0 Å². The number of fused-ring (bicyclic) bond motifs is 1. The van der Waals surface area contributed by atoms with Gasteiger partial charge in [-0.15, -0.1) is 11.3 Å². The van der Waals surface area contributed by atoms with Crippen LogP contribution in [-0.2, 0) is 17.6 Å². The summed E-state index contributed by atoms with van der Waals surface area (Å²) in [4.78, 5) is 27.0. The van der Waals surface area contributed by atoms with Crippen LogP contribution in [0.2, 0.25) is 0 Å². The summed E-state index contributed by atoms with van der Waals surface area (Å²) < 4.78 is 11.2. The van der Waals surface area contributed by atoms with Gasteiger partial charge in [0.1, 0.15) is 16.5 Å². The molecule has 0 radical (unpaired) electrons. The Morgan fingerprint density at radius 3 is 2.57 bits per heavy atom. The van der Waals surface area contributed by atoms with Crippen molar-refractivity contribution in [2.75, 3.05) is 25.6 Å². The van der Waals surface area contributed by atoms with Gasteiger partial charge in [-0.25, -0.2) is 0 Å². The van der Waals surface area contributed by atoms with E-state index in [0.29, 0.717) is 45.3 Å². The highest BCUT2D eigenvalue weighted by atomic mass is 79.9. The topological polar surface area (TPSA) is 80.6 Å². The van der Waals surface area contributed by atoms with Crippen molar-refractivity contribution in [1.29, 1.82) is 0 Å². The van der Waals surface area contributed by atoms with Crippen LogP contribution in [0.5, 0.6) is 0 Å². The predicted molar refractivity (Wildman–Crippen MR) is 114 cm³/mol. The van der Waals surface area contributed by atoms with Gasteiger partial charge in [-0.05, 0) is 67.4 Å². The summed E-state index contributed by atoms with van der Waals surface area (Å²) in [6.45, 7) is 4.70. The van der Waals surface area contributed by atoms with Gasteiger partial charge in [0.15, 0.2) is 0 Å². The molecule has 28 heavy (non-hydrogen) atoms. The number of methoxy groups -OCH3 is 1. The van der Waals surface area contributed by atoms with Crippen LogP contribution in [0.1, 0.15) is 61.9 Å². The molecule has 152 valence electrons. The molecule has 2 N–H and O–H groups in total. The first-order valence-corrected chi connectivity index (χ1v) is 11.0. The van der Waals surface area contributed by atoms with E-state index >= 15 is 0 Å². The fraction of sp³-hybridized carbons (Fsp3) is 0.500. The van der Waals surface area contributed by atoms with Crippen molar-refractivity contribution >= 4 is 44.1 Å². The molecule has 0 atom stereocenters. The zero-order chi connectivity index (χ0) is 20.3. The summed E-state index contributed by atoms with van der Waals surface area (Å²) in [5.74, 6) is 0.802. The summed E-state index contributed by atoms with van der Waals surface area (Å²) >= 11 is 4.94. The second-order valence-electron chi connectivity index (χ2n) is 6.87. The van der Waals surface area contributed by atoms with Crippen LogP contribution in [0.25, 0.3) is 0 Å². The highest BCUT2D eigenvalue weighted by Crippen LogP contribution is 2.39. The van der Waals surface area contributed by atoms with Crippen LogP contribution in [0.4, 0.5) is 5.00 Å². The number of hydrogen-bond donors (Lipinski definition) is 2. The minimum atomic E-state index is -0.270. The van der Waals surface area contributed by atoms with Crippen molar-refractivity contribution in [3.63, 3.8) is 0 Å². The number of rotatable bonds is 7. The number of carbonyl (C=O) groups excluding carboxylic acids is 2. The Hall–Kier alpha value is -1.64. The third kappa shape index (κ3) is 4.34. The normalized spacial score (nSPS) is 13.3. The van der Waals surface area contributed by atoms with E-state index < -0.39 is 0 Å². The van der Waals surface area contributed by atoms with E-state index in [1.54, 1.807) is 21.0 Å². The van der Waals surface area contributed by atoms with Crippen LogP contribution in [0, 0.1) is 13.8 Å². The maximum Gasteiger partial charge on any atom is 0.260 e. The summed E-state index contributed by atoms with van der Waals surface area (Å²) in [6.07, 6.45) is 4.74. The molecule has 6 nitrogen and oxygen atoms in total. The van der Waals surface area contributed by atoms with E-state index in [-0.39, 0.29) is 11.8 Å². The van der Waals surface area contributed by atoms with E-state index in [0.717, 1.165) is 37.7 Å². The Morgan fingerprint density at radius 2 is 1.89 bits per heavy atom. The zero-order valence-electron chi connectivity index (χ0n) is 16.4. The quantitative estimate of drug-likeness (QED) is 0.580. The molecular weight excluding hydrogens is 444 g/mol. The average Bonchev–Trinajstić information content (AvgIpc) is 3.14. The Kier molecular flexibility index (Phi) is 6.95. The van der Waals surface area contributed by atoms with Crippen LogP contribution in [0.3, 0.4) is 0 Å². The molecule has 3 rings (SSSR count). The van der Waals surface area contributed by atoms with Crippen LogP contribution in [0.15, 0.2) is 8.89 Å². The lowest BCUT2D eigenvalue weighted by atomic mass is 9.95. The van der Waals surface area contributed by atoms with Crippen molar-refractivity contribution in [2.24, 2.45) is 0 Å². The van der Waals surface area contributed by atoms with E-state index in [4.69, 9.17) is 9.15 Å². The molecule has 2 heterocycles. The molecular formula is C20H25BrN2O4S. The minimum Gasteiger partial charge on any atom is -0.465 e. The third-order valence-corrected chi connectivity index (χ3v) is 7.01. The molecule has 0 aliphatic heterocycles. The standard InChI is InChI=1S/C20H25BrN2O4S/c1-11-15(17(21)12(2)27-11)19(25)23-20-16(18(24)22-9-6-10-26-3)13-7-4-5-8-14(13)28-20/h4-10H2,1-3H3,(H,22,24)(H,23,25). The Balaban J connectivity index is 1.86. The van der Waals surface area contributed by atoms with Gasteiger partial charge in [0.2, 0.25) is 0 Å². The van der Waals surface area contributed by atoms with E-state index in [2.05, 4.69) is 26.6 Å². The molecule has 0 saturated carbocycles. The molecule has 0 aromatic carbocycles. The lowest BCUT2D eigenvalue weighted by molar-refractivity contribution is 0.0948. The fourth-order valence-electron chi connectivity index (χ4n) is 3.48. The SMILES string of the molecule is COCCCNC(=O)c1c(NC(=O)c2c(C)oc(C)c2Br)sc2c1CCCC2. The molecule has 2 amide bonds. The van der Waals surface area contributed by atoms with Crippen molar-refractivity contribution in [2.45, 2.75) is 46.0 Å². The zero-order valence-corrected chi connectivity index (χ0v) is 18.8. The largest absolute Gasteiger partial charge is 0.465 e. The molecule has 0 unspecified atom stereocenters. The van der Waals surface area contributed by atoms with E-state index in [1.807, 2.05) is 0 Å². The van der Waals surface area contributed by atoms with Gasteiger partial charge in [0.25, 0.3) is 11.8 Å². The number of furan rings is 1. The molecule has 1 aliphatic carbocycles. The number of amides is 2. The fourth-order valence-corrected chi connectivity index (χ4v) is 5.30. The Labute approximate surface area is 177 Å².